The number of hydrogen-bond acceptors (Lipinski definition) is 3. The maximum Gasteiger partial charge on any atom is 0.213 e. The molecule has 0 saturated carbocycles. The van der Waals surface area contributed by atoms with Gasteiger partial charge in [-0.3, -0.25) is 0 Å². The molecule has 4 nitrogen and oxygen atoms in total. The number of rotatable bonds is 6. The van der Waals surface area contributed by atoms with Crippen molar-refractivity contribution in [3.05, 3.63) is 35.4 Å². The van der Waals surface area contributed by atoms with Crippen LogP contribution in [0.4, 0.5) is 0 Å². The lowest BCUT2D eigenvalue weighted by molar-refractivity contribution is 0.534. The summed E-state index contributed by atoms with van der Waals surface area (Å²) in [6.45, 7) is 4.15. The summed E-state index contributed by atoms with van der Waals surface area (Å²) in [5.41, 5.74) is 2.69. The summed E-state index contributed by atoms with van der Waals surface area (Å²) in [6.07, 6.45) is 2.13. The van der Waals surface area contributed by atoms with E-state index in [-0.39, 0.29) is 11.8 Å². The highest BCUT2D eigenvalue weighted by Crippen LogP contribution is 2.30. The maximum absolute atomic E-state index is 11.7. The molecule has 0 fully saturated rings. The first-order valence-corrected chi connectivity index (χ1v) is 8.44. The van der Waals surface area contributed by atoms with Crippen molar-refractivity contribution in [3.8, 4) is 0 Å². The molecule has 0 aliphatic heterocycles. The Kier molecular flexibility index (Phi) is 4.60. The van der Waals surface area contributed by atoms with E-state index in [0.29, 0.717) is 12.6 Å². The smallest absolute Gasteiger partial charge is 0.213 e. The standard InChI is InChI=1S/C14H22N2O2S/c1-11(2)16-19(17,18)10-9-15-14-8-7-12-5-3-4-6-13(12)14/h3-6,11,14-16H,7-10H2,1-2H3. The quantitative estimate of drug-likeness (QED) is 0.833. The number of sulfonamides is 1. The van der Waals surface area contributed by atoms with Crippen LogP contribution in [0.5, 0.6) is 0 Å². The summed E-state index contributed by atoms with van der Waals surface area (Å²) in [6, 6.07) is 8.62. The lowest BCUT2D eigenvalue weighted by atomic mass is 10.1. The fourth-order valence-corrected chi connectivity index (χ4v) is 3.78. The van der Waals surface area contributed by atoms with Crippen molar-refractivity contribution in [1.29, 1.82) is 0 Å². The minimum Gasteiger partial charge on any atom is -0.309 e. The third-order valence-corrected chi connectivity index (χ3v) is 4.88. The number of hydrogen-bond donors (Lipinski definition) is 2. The van der Waals surface area contributed by atoms with E-state index < -0.39 is 10.0 Å². The predicted octanol–water partition coefficient (Wildman–Crippen LogP) is 1.59. The molecular formula is C14H22N2O2S. The van der Waals surface area contributed by atoms with Crippen LogP contribution >= 0.6 is 0 Å². The third kappa shape index (κ3) is 4.03. The molecule has 19 heavy (non-hydrogen) atoms. The molecular weight excluding hydrogens is 260 g/mol. The summed E-state index contributed by atoms with van der Waals surface area (Å²) < 4.78 is 26.0. The Labute approximate surface area is 115 Å². The van der Waals surface area contributed by atoms with Gasteiger partial charge in [0.1, 0.15) is 0 Å². The Morgan fingerprint density at radius 1 is 1.32 bits per heavy atom. The van der Waals surface area contributed by atoms with Crippen LogP contribution in [0.25, 0.3) is 0 Å². The Balaban J connectivity index is 1.85. The van der Waals surface area contributed by atoms with Crippen molar-refractivity contribution in [2.75, 3.05) is 12.3 Å². The van der Waals surface area contributed by atoms with E-state index >= 15 is 0 Å². The van der Waals surface area contributed by atoms with Gasteiger partial charge in [-0.25, -0.2) is 13.1 Å². The molecule has 1 atom stereocenters. The molecule has 0 heterocycles. The predicted molar refractivity (Wildman–Crippen MR) is 77.6 cm³/mol. The largest absolute Gasteiger partial charge is 0.309 e. The zero-order chi connectivity index (χ0) is 13.9. The second-order valence-corrected chi connectivity index (χ2v) is 7.21. The lowest BCUT2D eigenvalue weighted by Crippen LogP contribution is -2.36. The van der Waals surface area contributed by atoms with E-state index in [1.807, 2.05) is 19.9 Å². The SMILES string of the molecule is CC(C)NS(=O)(=O)CCNC1CCc2ccccc21. The number of benzene rings is 1. The van der Waals surface area contributed by atoms with Crippen molar-refractivity contribution in [3.63, 3.8) is 0 Å². The highest BCUT2D eigenvalue weighted by atomic mass is 32.2. The molecule has 1 aromatic rings. The van der Waals surface area contributed by atoms with Crippen molar-refractivity contribution in [2.24, 2.45) is 0 Å². The van der Waals surface area contributed by atoms with Crippen LogP contribution in [0.3, 0.4) is 0 Å². The molecule has 1 aromatic carbocycles. The van der Waals surface area contributed by atoms with Crippen LogP contribution in [0, 0.1) is 0 Å². The first-order valence-electron chi connectivity index (χ1n) is 6.79. The Morgan fingerprint density at radius 3 is 2.79 bits per heavy atom. The highest BCUT2D eigenvalue weighted by Gasteiger charge is 2.21. The minimum absolute atomic E-state index is 0.0443. The first-order chi connectivity index (χ1) is 8.98. The fourth-order valence-electron chi connectivity index (χ4n) is 2.55. The van der Waals surface area contributed by atoms with Gasteiger partial charge in [-0.1, -0.05) is 24.3 Å². The highest BCUT2D eigenvalue weighted by molar-refractivity contribution is 7.89. The minimum atomic E-state index is -3.16. The van der Waals surface area contributed by atoms with Gasteiger partial charge < -0.3 is 5.32 Å². The van der Waals surface area contributed by atoms with Crippen molar-refractivity contribution in [2.45, 2.75) is 38.8 Å². The van der Waals surface area contributed by atoms with E-state index in [1.54, 1.807) is 0 Å². The molecule has 1 aliphatic rings. The topological polar surface area (TPSA) is 58.2 Å². The Bertz CT molecular complexity index is 526. The molecule has 0 aromatic heterocycles. The number of aryl methyl sites for hydroxylation is 1. The molecule has 1 unspecified atom stereocenters. The van der Waals surface area contributed by atoms with Crippen molar-refractivity contribution in [1.82, 2.24) is 10.0 Å². The van der Waals surface area contributed by atoms with Gasteiger partial charge in [0, 0.05) is 18.6 Å². The Morgan fingerprint density at radius 2 is 2.05 bits per heavy atom. The molecule has 0 spiro atoms. The van der Waals surface area contributed by atoms with Gasteiger partial charge in [0.25, 0.3) is 0 Å². The van der Waals surface area contributed by atoms with E-state index in [9.17, 15) is 8.42 Å². The first kappa shape index (κ1) is 14.5. The average molecular weight is 282 g/mol. The third-order valence-electron chi connectivity index (χ3n) is 3.31. The second kappa shape index (κ2) is 6.03. The zero-order valence-electron chi connectivity index (χ0n) is 11.5. The monoisotopic (exact) mass is 282 g/mol. The van der Waals surface area contributed by atoms with Crippen LogP contribution in [-0.4, -0.2) is 26.8 Å². The van der Waals surface area contributed by atoms with Gasteiger partial charge in [-0.15, -0.1) is 0 Å². The maximum atomic E-state index is 11.7. The fraction of sp³-hybridized carbons (Fsp3) is 0.571. The van der Waals surface area contributed by atoms with Gasteiger partial charge in [0.2, 0.25) is 10.0 Å². The van der Waals surface area contributed by atoms with Crippen molar-refractivity contribution < 1.29 is 8.42 Å². The summed E-state index contributed by atoms with van der Waals surface area (Å²) in [4.78, 5) is 0. The summed E-state index contributed by atoms with van der Waals surface area (Å²) in [5, 5.41) is 3.35. The average Bonchev–Trinajstić information content (AvgIpc) is 2.71. The summed E-state index contributed by atoms with van der Waals surface area (Å²) >= 11 is 0. The summed E-state index contributed by atoms with van der Waals surface area (Å²) in [5.74, 6) is 0.129. The molecule has 0 amide bonds. The van der Waals surface area contributed by atoms with Crippen LogP contribution in [-0.2, 0) is 16.4 Å². The van der Waals surface area contributed by atoms with E-state index in [4.69, 9.17) is 0 Å². The molecule has 0 radical (unpaired) electrons. The van der Waals surface area contributed by atoms with Crippen LogP contribution < -0.4 is 10.0 Å². The van der Waals surface area contributed by atoms with Gasteiger partial charge >= 0.3 is 0 Å². The van der Waals surface area contributed by atoms with Crippen LogP contribution in [0.15, 0.2) is 24.3 Å². The molecule has 2 rings (SSSR count). The van der Waals surface area contributed by atoms with Crippen LogP contribution in [0.2, 0.25) is 0 Å². The lowest BCUT2D eigenvalue weighted by Gasteiger charge is -2.15. The van der Waals surface area contributed by atoms with E-state index in [0.717, 1.165) is 12.8 Å². The van der Waals surface area contributed by atoms with Gasteiger partial charge in [-0.2, -0.15) is 0 Å². The molecule has 2 N–H and O–H groups in total. The Hall–Kier alpha value is -0.910. The normalized spacial score (nSPS) is 18.8. The van der Waals surface area contributed by atoms with Crippen molar-refractivity contribution >= 4 is 10.0 Å². The summed E-state index contributed by atoms with van der Waals surface area (Å²) in [7, 11) is -3.16. The van der Waals surface area contributed by atoms with Crippen LogP contribution in [0.1, 0.15) is 37.4 Å². The van der Waals surface area contributed by atoms with Gasteiger partial charge in [0.15, 0.2) is 0 Å². The van der Waals surface area contributed by atoms with Gasteiger partial charge in [0.05, 0.1) is 5.75 Å². The molecule has 106 valence electrons. The molecule has 0 bridgehead atoms. The zero-order valence-corrected chi connectivity index (χ0v) is 12.3. The molecule has 1 aliphatic carbocycles. The molecule has 5 heteroatoms. The van der Waals surface area contributed by atoms with E-state index in [2.05, 4.69) is 28.2 Å². The molecule has 0 saturated heterocycles. The van der Waals surface area contributed by atoms with Gasteiger partial charge in [-0.05, 0) is 37.8 Å². The second-order valence-electron chi connectivity index (χ2n) is 5.34. The number of nitrogens with one attached hydrogen (secondary N) is 2. The van der Waals surface area contributed by atoms with E-state index in [1.165, 1.54) is 11.1 Å². The number of fused-ring (bicyclic) bond motifs is 1.